The van der Waals surface area contributed by atoms with Gasteiger partial charge in [0.1, 0.15) is 0 Å². The average Bonchev–Trinajstić information content (AvgIpc) is 2.45. The van der Waals surface area contributed by atoms with Crippen molar-refractivity contribution in [2.24, 2.45) is 5.92 Å². The van der Waals surface area contributed by atoms with Gasteiger partial charge >= 0.3 is 0 Å². The van der Waals surface area contributed by atoms with Crippen LogP contribution >= 0.6 is 0 Å². The van der Waals surface area contributed by atoms with Gasteiger partial charge in [0.2, 0.25) is 0 Å². The number of rotatable bonds is 1. The van der Waals surface area contributed by atoms with Crippen molar-refractivity contribution in [2.75, 3.05) is 0 Å². The van der Waals surface area contributed by atoms with E-state index in [0.29, 0.717) is 12.2 Å². The maximum Gasteiger partial charge on any atom is 0.0606 e. The van der Waals surface area contributed by atoms with Crippen LogP contribution in [0.1, 0.15) is 19.3 Å². The van der Waals surface area contributed by atoms with Gasteiger partial charge in [-0.1, -0.05) is 6.04 Å². The molecular weight excluding hydrogens is 128 g/mol. The van der Waals surface area contributed by atoms with Gasteiger partial charge in [-0.25, -0.2) is 0 Å². The van der Waals surface area contributed by atoms with Crippen LogP contribution in [0.25, 0.3) is 0 Å². The molecular formula is C7H14OSi. The summed E-state index contributed by atoms with van der Waals surface area (Å²) in [6.45, 7) is 0. The molecule has 9 heavy (non-hydrogen) atoms. The second kappa shape index (κ2) is 2.10. The van der Waals surface area contributed by atoms with E-state index in [1.807, 2.05) is 0 Å². The number of ether oxygens (including phenoxy) is 1. The molecule has 0 radical (unpaired) electrons. The highest BCUT2D eigenvalue weighted by atomic mass is 28.1. The third-order valence-electron chi connectivity index (χ3n) is 2.76. The van der Waals surface area contributed by atoms with Gasteiger partial charge in [-0.2, -0.15) is 0 Å². The van der Waals surface area contributed by atoms with Crippen LogP contribution in [0.15, 0.2) is 0 Å². The van der Waals surface area contributed by atoms with Crippen molar-refractivity contribution in [3.05, 3.63) is 0 Å². The Labute approximate surface area is 59.2 Å². The Kier molecular flexibility index (Phi) is 1.38. The van der Waals surface area contributed by atoms with Crippen LogP contribution in [-0.4, -0.2) is 22.5 Å². The Balaban J connectivity index is 2.01. The van der Waals surface area contributed by atoms with E-state index in [-0.39, 0.29) is 0 Å². The SMILES string of the molecule is [SiH3]CC1CC2CCC1O2. The van der Waals surface area contributed by atoms with E-state index in [1.165, 1.54) is 35.5 Å². The third-order valence-corrected chi connectivity index (χ3v) is 3.80. The molecule has 2 heterocycles. The fraction of sp³-hybridized carbons (Fsp3) is 1.00. The first-order valence-corrected chi connectivity index (χ1v) is 5.47. The summed E-state index contributed by atoms with van der Waals surface area (Å²) in [5.41, 5.74) is 0. The normalized spacial score (nSPS) is 48.7. The Hall–Kier alpha value is 0.177. The van der Waals surface area contributed by atoms with Crippen LogP contribution < -0.4 is 0 Å². The lowest BCUT2D eigenvalue weighted by Crippen LogP contribution is -2.15. The molecule has 1 nitrogen and oxygen atoms in total. The molecule has 52 valence electrons. The summed E-state index contributed by atoms with van der Waals surface area (Å²) < 4.78 is 5.70. The molecule has 0 amide bonds. The maximum absolute atomic E-state index is 5.70. The van der Waals surface area contributed by atoms with E-state index in [0.717, 1.165) is 5.92 Å². The summed E-state index contributed by atoms with van der Waals surface area (Å²) >= 11 is 0. The first-order valence-electron chi connectivity index (χ1n) is 4.05. The summed E-state index contributed by atoms with van der Waals surface area (Å²) in [6.07, 6.45) is 5.45. The zero-order valence-electron chi connectivity index (χ0n) is 5.97. The summed E-state index contributed by atoms with van der Waals surface area (Å²) in [5.74, 6) is 0.968. The average molecular weight is 142 g/mol. The van der Waals surface area contributed by atoms with Crippen molar-refractivity contribution >= 4 is 10.2 Å². The van der Waals surface area contributed by atoms with Crippen LogP contribution in [0.5, 0.6) is 0 Å². The van der Waals surface area contributed by atoms with Gasteiger partial charge in [-0.15, -0.1) is 0 Å². The monoisotopic (exact) mass is 142 g/mol. The molecule has 0 N–H and O–H groups in total. The van der Waals surface area contributed by atoms with Crippen LogP contribution in [0.3, 0.4) is 0 Å². The van der Waals surface area contributed by atoms with E-state index in [1.54, 1.807) is 0 Å². The Morgan fingerprint density at radius 3 is 2.67 bits per heavy atom. The predicted molar refractivity (Wildman–Crippen MR) is 40.7 cm³/mol. The lowest BCUT2D eigenvalue weighted by Gasteiger charge is -2.15. The zero-order chi connectivity index (χ0) is 6.27. The molecule has 0 spiro atoms. The van der Waals surface area contributed by atoms with Crippen LogP contribution in [0.4, 0.5) is 0 Å². The van der Waals surface area contributed by atoms with Crippen LogP contribution in [-0.2, 0) is 4.74 Å². The lowest BCUT2D eigenvalue weighted by atomic mass is 9.91. The van der Waals surface area contributed by atoms with Crippen molar-refractivity contribution in [3.63, 3.8) is 0 Å². The molecule has 2 heteroatoms. The standard InChI is InChI=1S/C7H14OSi/c9-4-5-3-6-1-2-7(5)8-6/h5-7H,1-4H2,9H3. The predicted octanol–water partition coefficient (Wildman–Crippen LogP) is 0.338. The number of hydrogen-bond donors (Lipinski definition) is 0. The van der Waals surface area contributed by atoms with Crippen molar-refractivity contribution in [3.8, 4) is 0 Å². The van der Waals surface area contributed by atoms with Gasteiger partial charge in [0.25, 0.3) is 0 Å². The van der Waals surface area contributed by atoms with Gasteiger partial charge in [-0.05, 0) is 25.2 Å². The highest BCUT2D eigenvalue weighted by Crippen LogP contribution is 2.39. The molecule has 2 rings (SSSR count). The second-order valence-corrected chi connectivity index (χ2v) is 4.09. The van der Waals surface area contributed by atoms with Gasteiger partial charge in [0.05, 0.1) is 12.2 Å². The quantitative estimate of drug-likeness (QED) is 0.480. The molecule has 2 aliphatic rings. The Morgan fingerprint density at radius 1 is 1.44 bits per heavy atom. The zero-order valence-corrected chi connectivity index (χ0v) is 7.97. The largest absolute Gasteiger partial charge is 0.375 e. The van der Waals surface area contributed by atoms with E-state index in [9.17, 15) is 0 Å². The maximum atomic E-state index is 5.70. The van der Waals surface area contributed by atoms with Gasteiger partial charge in [-0.3, -0.25) is 0 Å². The molecule has 0 saturated carbocycles. The molecule has 3 atom stereocenters. The van der Waals surface area contributed by atoms with E-state index < -0.39 is 0 Å². The summed E-state index contributed by atoms with van der Waals surface area (Å²) in [6, 6.07) is 1.46. The van der Waals surface area contributed by atoms with Crippen molar-refractivity contribution in [1.82, 2.24) is 0 Å². The number of fused-ring (bicyclic) bond motifs is 2. The van der Waals surface area contributed by atoms with Gasteiger partial charge in [0, 0.05) is 10.2 Å². The molecule has 2 fully saturated rings. The van der Waals surface area contributed by atoms with E-state index in [2.05, 4.69) is 0 Å². The minimum atomic E-state index is 0.675. The molecule has 0 aromatic carbocycles. The fourth-order valence-corrected chi connectivity index (χ4v) is 3.03. The summed E-state index contributed by atoms with van der Waals surface area (Å²) in [4.78, 5) is 0. The highest BCUT2D eigenvalue weighted by molar-refractivity contribution is 6.08. The highest BCUT2D eigenvalue weighted by Gasteiger charge is 2.39. The van der Waals surface area contributed by atoms with Crippen LogP contribution in [0.2, 0.25) is 6.04 Å². The summed E-state index contributed by atoms with van der Waals surface area (Å²) in [5, 5.41) is 0. The molecule has 0 aromatic heterocycles. The van der Waals surface area contributed by atoms with Crippen LogP contribution in [0, 0.1) is 5.92 Å². The lowest BCUT2D eigenvalue weighted by molar-refractivity contribution is 0.0950. The second-order valence-electron chi connectivity index (χ2n) is 3.28. The topological polar surface area (TPSA) is 9.23 Å². The van der Waals surface area contributed by atoms with Crippen molar-refractivity contribution < 1.29 is 4.74 Å². The van der Waals surface area contributed by atoms with Crippen molar-refractivity contribution in [1.29, 1.82) is 0 Å². The first-order chi connectivity index (χ1) is 4.40. The third kappa shape index (κ3) is 0.848. The van der Waals surface area contributed by atoms with E-state index in [4.69, 9.17) is 4.74 Å². The minimum Gasteiger partial charge on any atom is -0.375 e. The molecule has 0 aromatic rings. The smallest absolute Gasteiger partial charge is 0.0606 e. The number of hydrogen-bond acceptors (Lipinski definition) is 1. The first kappa shape index (κ1) is 5.92. The Morgan fingerprint density at radius 2 is 2.33 bits per heavy atom. The molecule has 2 bridgehead atoms. The minimum absolute atomic E-state index is 0.675. The van der Waals surface area contributed by atoms with E-state index >= 15 is 0 Å². The molecule has 2 aliphatic heterocycles. The molecule has 2 saturated heterocycles. The van der Waals surface area contributed by atoms with Gasteiger partial charge in [0.15, 0.2) is 0 Å². The molecule has 3 unspecified atom stereocenters. The summed E-state index contributed by atoms with van der Waals surface area (Å²) in [7, 11) is 1.36. The Bertz CT molecular complexity index is 115. The fourth-order valence-electron chi connectivity index (χ4n) is 2.17. The van der Waals surface area contributed by atoms with Gasteiger partial charge < -0.3 is 4.74 Å². The van der Waals surface area contributed by atoms with Crippen molar-refractivity contribution in [2.45, 2.75) is 37.5 Å². The molecule has 0 aliphatic carbocycles.